The van der Waals surface area contributed by atoms with Gasteiger partial charge in [0.1, 0.15) is 11.5 Å². The van der Waals surface area contributed by atoms with Crippen molar-refractivity contribution in [2.24, 2.45) is 11.7 Å². The predicted molar refractivity (Wildman–Crippen MR) is 71.9 cm³/mol. The summed E-state index contributed by atoms with van der Waals surface area (Å²) in [6.07, 6.45) is -2.22. The van der Waals surface area contributed by atoms with Gasteiger partial charge in [0.2, 0.25) is 0 Å². The van der Waals surface area contributed by atoms with Gasteiger partial charge in [0.15, 0.2) is 0 Å². The molecule has 1 unspecified atom stereocenters. The molecule has 1 aromatic heterocycles. The fourth-order valence-corrected chi connectivity index (χ4v) is 1.90. The molecule has 2 aromatic rings. The minimum Gasteiger partial charge on any atom is -0.493 e. The van der Waals surface area contributed by atoms with E-state index < -0.39 is 11.7 Å². The Hall–Kier alpha value is -1.95. The van der Waals surface area contributed by atoms with Gasteiger partial charge in [-0.15, -0.1) is 0 Å². The molecule has 0 amide bonds. The molecule has 114 valence electrons. The molecule has 1 heterocycles. The van der Waals surface area contributed by atoms with Crippen molar-refractivity contribution in [3.05, 3.63) is 54.0 Å². The van der Waals surface area contributed by atoms with Gasteiger partial charge in [-0.3, -0.25) is 0 Å². The summed E-state index contributed by atoms with van der Waals surface area (Å²) in [6.45, 7) is 0.595. The summed E-state index contributed by atoms with van der Waals surface area (Å²) in [6, 6.07) is 8.41. The third-order valence-electron chi connectivity index (χ3n) is 3.05. The van der Waals surface area contributed by atoms with E-state index in [9.17, 15) is 13.2 Å². The van der Waals surface area contributed by atoms with Crippen LogP contribution in [0.2, 0.25) is 0 Å². The summed E-state index contributed by atoms with van der Waals surface area (Å²) >= 11 is 0. The van der Waals surface area contributed by atoms with Crippen molar-refractivity contribution in [2.45, 2.75) is 12.6 Å². The fraction of sp³-hybridized carbons (Fsp3) is 0.333. The zero-order chi connectivity index (χ0) is 15.3. The van der Waals surface area contributed by atoms with E-state index in [1.54, 1.807) is 12.3 Å². The van der Waals surface area contributed by atoms with Crippen LogP contribution in [0.3, 0.4) is 0 Å². The lowest BCUT2D eigenvalue weighted by molar-refractivity contribution is -0.137. The minimum atomic E-state index is -4.37. The highest BCUT2D eigenvalue weighted by Crippen LogP contribution is 2.31. The Morgan fingerprint density at radius 2 is 2.00 bits per heavy atom. The maximum Gasteiger partial charge on any atom is 0.416 e. The number of rotatable bonds is 6. The van der Waals surface area contributed by atoms with Crippen LogP contribution in [-0.4, -0.2) is 13.2 Å². The van der Waals surface area contributed by atoms with Crippen LogP contribution >= 0.6 is 0 Å². The molecule has 0 radical (unpaired) electrons. The van der Waals surface area contributed by atoms with Gasteiger partial charge in [-0.1, -0.05) is 6.07 Å². The van der Waals surface area contributed by atoms with E-state index in [2.05, 4.69) is 0 Å². The summed E-state index contributed by atoms with van der Waals surface area (Å²) in [5.41, 5.74) is 4.92. The minimum absolute atomic E-state index is 0.0225. The van der Waals surface area contributed by atoms with Crippen molar-refractivity contribution >= 4 is 0 Å². The van der Waals surface area contributed by atoms with Crippen LogP contribution in [0.25, 0.3) is 0 Å². The highest BCUT2D eigenvalue weighted by Gasteiger charge is 2.30. The van der Waals surface area contributed by atoms with E-state index in [1.807, 2.05) is 6.07 Å². The smallest absolute Gasteiger partial charge is 0.416 e. The number of hydrogen-bond acceptors (Lipinski definition) is 3. The van der Waals surface area contributed by atoms with E-state index in [0.717, 1.165) is 17.9 Å². The number of ether oxygens (including phenoxy) is 1. The fourth-order valence-electron chi connectivity index (χ4n) is 1.90. The number of nitrogens with two attached hydrogens (primary N) is 1. The predicted octanol–water partition coefficient (Wildman–Crippen LogP) is 3.49. The molecule has 1 atom stereocenters. The van der Waals surface area contributed by atoms with Crippen LogP contribution in [0, 0.1) is 5.92 Å². The number of benzene rings is 1. The van der Waals surface area contributed by atoms with Crippen molar-refractivity contribution in [2.75, 3.05) is 13.2 Å². The molecule has 21 heavy (non-hydrogen) atoms. The Balaban J connectivity index is 1.95. The first-order valence-corrected chi connectivity index (χ1v) is 6.51. The first-order valence-electron chi connectivity index (χ1n) is 6.51. The molecule has 6 heteroatoms. The molecule has 0 aliphatic heterocycles. The number of alkyl halides is 3. The molecule has 0 bridgehead atoms. The summed E-state index contributed by atoms with van der Waals surface area (Å²) in [5.74, 6) is 0.937. The summed E-state index contributed by atoms with van der Waals surface area (Å²) in [7, 11) is 0. The van der Waals surface area contributed by atoms with E-state index in [-0.39, 0.29) is 18.3 Å². The molecule has 0 aliphatic carbocycles. The van der Waals surface area contributed by atoms with Gasteiger partial charge in [0.25, 0.3) is 0 Å². The van der Waals surface area contributed by atoms with E-state index >= 15 is 0 Å². The molecule has 2 N–H and O–H groups in total. The normalized spacial score (nSPS) is 13.1. The standard InChI is InChI=1S/C15H16F3NO2/c16-15(17,18)12-3-1-4-14(8-12)21-10-11(9-19)7-13-5-2-6-20-13/h1-6,8,11H,7,9-10,19H2. The van der Waals surface area contributed by atoms with Crippen molar-refractivity contribution < 1.29 is 22.3 Å². The van der Waals surface area contributed by atoms with Crippen molar-refractivity contribution in [1.82, 2.24) is 0 Å². The van der Waals surface area contributed by atoms with E-state index in [1.165, 1.54) is 12.1 Å². The van der Waals surface area contributed by atoms with Gasteiger partial charge in [0, 0.05) is 12.3 Å². The third-order valence-corrected chi connectivity index (χ3v) is 3.05. The zero-order valence-corrected chi connectivity index (χ0v) is 11.3. The molecular weight excluding hydrogens is 283 g/mol. The largest absolute Gasteiger partial charge is 0.493 e. The maximum atomic E-state index is 12.6. The van der Waals surface area contributed by atoms with Crippen molar-refractivity contribution in [1.29, 1.82) is 0 Å². The lowest BCUT2D eigenvalue weighted by Gasteiger charge is -2.15. The van der Waals surface area contributed by atoms with Crippen LogP contribution in [-0.2, 0) is 12.6 Å². The molecule has 3 nitrogen and oxygen atoms in total. The second-order valence-corrected chi connectivity index (χ2v) is 4.72. The molecule has 0 spiro atoms. The van der Waals surface area contributed by atoms with Gasteiger partial charge in [0.05, 0.1) is 18.4 Å². The zero-order valence-electron chi connectivity index (χ0n) is 11.3. The first-order chi connectivity index (χ1) is 9.99. The SMILES string of the molecule is NCC(COc1cccc(C(F)(F)F)c1)Cc1ccco1. The molecule has 0 fully saturated rings. The Kier molecular flexibility index (Phi) is 4.90. The van der Waals surface area contributed by atoms with Crippen LogP contribution < -0.4 is 10.5 Å². The highest BCUT2D eigenvalue weighted by atomic mass is 19.4. The number of hydrogen-bond donors (Lipinski definition) is 1. The molecule has 0 saturated heterocycles. The maximum absolute atomic E-state index is 12.6. The van der Waals surface area contributed by atoms with Crippen LogP contribution in [0.5, 0.6) is 5.75 Å². The summed E-state index contributed by atoms with van der Waals surface area (Å²) in [4.78, 5) is 0. The quantitative estimate of drug-likeness (QED) is 0.888. The molecule has 1 aromatic carbocycles. The molecule has 0 saturated carbocycles. The van der Waals surface area contributed by atoms with Crippen LogP contribution in [0.1, 0.15) is 11.3 Å². The third kappa shape index (κ3) is 4.53. The van der Waals surface area contributed by atoms with Crippen LogP contribution in [0.15, 0.2) is 47.1 Å². The van der Waals surface area contributed by atoms with E-state index in [4.69, 9.17) is 14.9 Å². The van der Waals surface area contributed by atoms with Gasteiger partial charge in [-0.25, -0.2) is 0 Å². The van der Waals surface area contributed by atoms with Gasteiger partial charge >= 0.3 is 6.18 Å². The Morgan fingerprint density at radius 1 is 1.19 bits per heavy atom. The van der Waals surface area contributed by atoms with Crippen molar-refractivity contribution in [3.63, 3.8) is 0 Å². The average Bonchev–Trinajstić information content (AvgIpc) is 2.95. The average molecular weight is 299 g/mol. The molecular formula is C15H16F3NO2. The van der Waals surface area contributed by atoms with E-state index in [0.29, 0.717) is 13.0 Å². The Bertz CT molecular complexity index is 552. The highest BCUT2D eigenvalue weighted by molar-refractivity contribution is 5.30. The Morgan fingerprint density at radius 3 is 2.62 bits per heavy atom. The van der Waals surface area contributed by atoms with Crippen molar-refractivity contribution in [3.8, 4) is 5.75 Å². The van der Waals surface area contributed by atoms with Gasteiger partial charge in [-0.05, 0) is 36.9 Å². The van der Waals surface area contributed by atoms with Gasteiger partial charge in [-0.2, -0.15) is 13.2 Å². The summed E-state index contributed by atoms with van der Waals surface area (Å²) < 4.78 is 48.4. The lowest BCUT2D eigenvalue weighted by atomic mass is 10.1. The molecule has 0 aliphatic rings. The second kappa shape index (κ2) is 6.67. The first kappa shape index (κ1) is 15.4. The summed E-state index contributed by atoms with van der Waals surface area (Å²) in [5, 5.41) is 0. The van der Waals surface area contributed by atoms with Crippen LogP contribution in [0.4, 0.5) is 13.2 Å². The van der Waals surface area contributed by atoms with Gasteiger partial charge < -0.3 is 14.9 Å². The number of halogens is 3. The lowest BCUT2D eigenvalue weighted by Crippen LogP contribution is -2.23. The second-order valence-electron chi connectivity index (χ2n) is 4.72. The number of furan rings is 1. The monoisotopic (exact) mass is 299 g/mol. The topological polar surface area (TPSA) is 48.4 Å². The molecule has 2 rings (SSSR count). The Labute approximate surface area is 120 Å².